The van der Waals surface area contributed by atoms with Crippen LogP contribution in [0.3, 0.4) is 0 Å². The van der Waals surface area contributed by atoms with E-state index in [0.29, 0.717) is 22.9 Å². The van der Waals surface area contributed by atoms with Gasteiger partial charge in [0.1, 0.15) is 11.5 Å². The molecular weight excluding hydrogens is 404 g/mol. The lowest BCUT2D eigenvalue weighted by Gasteiger charge is -2.11. The lowest BCUT2D eigenvalue weighted by molar-refractivity contribution is -0.118. The molecule has 0 bridgehead atoms. The van der Waals surface area contributed by atoms with Gasteiger partial charge in [-0.15, -0.1) is 0 Å². The lowest BCUT2D eigenvalue weighted by Crippen LogP contribution is -2.21. The minimum atomic E-state index is -0.261. The monoisotopic (exact) mass is 432 g/mol. The molecule has 0 atom stereocenters. The van der Waals surface area contributed by atoms with Crippen LogP contribution in [-0.4, -0.2) is 25.0 Å². The van der Waals surface area contributed by atoms with E-state index in [4.69, 9.17) is 9.47 Å². The first-order valence-corrected chi connectivity index (χ1v) is 10.4. The van der Waals surface area contributed by atoms with Gasteiger partial charge in [0.2, 0.25) is 0 Å². The van der Waals surface area contributed by atoms with Gasteiger partial charge in [-0.25, -0.2) is 0 Å². The van der Waals surface area contributed by atoms with Gasteiger partial charge in [0.05, 0.1) is 0 Å². The Morgan fingerprint density at radius 3 is 1.34 bits per heavy atom. The molecule has 3 aromatic carbocycles. The number of aryl methyl sites for hydroxylation is 4. The van der Waals surface area contributed by atoms with Gasteiger partial charge in [-0.05, 0) is 75.2 Å². The zero-order valence-electron chi connectivity index (χ0n) is 18.8. The molecule has 0 saturated heterocycles. The summed E-state index contributed by atoms with van der Waals surface area (Å²) in [6.45, 7) is 7.73. The lowest BCUT2D eigenvalue weighted by atomic mass is 10.1. The Hall–Kier alpha value is -3.80. The molecule has 0 radical (unpaired) electrons. The zero-order chi connectivity index (χ0) is 23.1. The van der Waals surface area contributed by atoms with Crippen molar-refractivity contribution in [1.29, 1.82) is 0 Å². The zero-order valence-corrected chi connectivity index (χ0v) is 18.8. The number of hydrogen-bond donors (Lipinski definition) is 2. The van der Waals surface area contributed by atoms with E-state index in [2.05, 4.69) is 10.6 Å². The Labute approximate surface area is 188 Å². The molecule has 0 aliphatic heterocycles. The Morgan fingerprint density at radius 1 is 0.625 bits per heavy atom. The molecule has 0 fully saturated rings. The van der Waals surface area contributed by atoms with Crippen LogP contribution in [0.15, 0.2) is 60.7 Å². The summed E-state index contributed by atoms with van der Waals surface area (Å²) in [5.74, 6) is 0.853. The Kier molecular flexibility index (Phi) is 7.49. The number of nitrogens with one attached hydrogen (secondary N) is 2. The van der Waals surface area contributed by atoms with E-state index in [0.717, 1.165) is 22.3 Å². The minimum absolute atomic E-state index is 0.0852. The molecule has 3 aromatic rings. The molecule has 0 aromatic heterocycles. The summed E-state index contributed by atoms with van der Waals surface area (Å²) in [6.07, 6.45) is 0. The van der Waals surface area contributed by atoms with Crippen LogP contribution < -0.4 is 20.1 Å². The summed E-state index contributed by atoms with van der Waals surface area (Å²) in [6, 6.07) is 18.5. The number of anilines is 2. The molecule has 2 N–H and O–H groups in total. The summed E-state index contributed by atoms with van der Waals surface area (Å²) in [7, 11) is 0. The highest BCUT2D eigenvalue weighted by atomic mass is 16.5. The predicted molar refractivity (Wildman–Crippen MR) is 127 cm³/mol. The van der Waals surface area contributed by atoms with Gasteiger partial charge >= 0.3 is 0 Å². The molecule has 6 nitrogen and oxygen atoms in total. The van der Waals surface area contributed by atoms with Gasteiger partial charge in [0.15, 0.2) is 13.2 Å². The number of amides is 2. The van der Waals surface area contributed by atoms with E-state index >= 15 is 0 Å². The number of ether oxygens (including phenoxy) is 2. The molecule has 0 aliphatic carbocycles. The number of carbonyl (C=O) groups is 2. The second-order valence-corrected chi connectivity index (χ2v) is 7.79. The maximum atomic E-state index is 12.2. The molecule has 2 amide bonds. The molecule has 166 valence electrons. The van der Waals surface area contributed by atoms with Crippen LogP contribution in [-0.2, 0) is 9.59 Å². The van der Waals surface area contributed by atoms with Crippen LogP contribution in [0.1, 0.15) is 22.3 Å². The second kappa shape index (κ2) is 10.5. The Balaban J connectivity index is 1.45. The topological polar surface area (TPSA) is 76.7 Å². The predicted octanol–water partition coefficient (Wildman–Crippen LogP) is 4.96. The molecule has 3 rings (SSSR count). The van der Waals surface area contributed by atoms with Crippen molar-refractivity contribution >= 4 is 23.2 Å². The highest BCUT2D eigenvalue weighted by Crippen LogP contribution is 2.20. The molecule has 0 spiro atoms. The fraction of sp³-hybridized carbons (Fsp3) is 0.231. The van der Waals surface area contributed by atoms with E-state index in [1.54, 1.807) is 24.3 Å². The van der Waals surface area contributed by atoms with Crippen molar-refractivity contribution in [3.63, 3.8) is 0 Å². The van der Waals surface area contributed by atoms with E-state index in [-0.39, 0.29) is 25.0 Å². The maximum absolute atomic E-state index is 12.2. The first-order valence-electron chi connectivity index (χ1n) is 10.4. The largest absolute Gasteiger partial charge is 0.483 e. The van der Waals surface area contributed by atoms with Gasteiger partial charge in [0, 0.05) is 11.4 Å². The maximum Gasteiger partial charge on any atom is 0.262 e. The molecule has 0 heterocycles. The fourth-order valence-corrected chi connectivity index (χ4v) is 3.24. The molecule has 0 unspecified atom stereocenters. The van der Waals surface area contributed by atoms with Gasteiger partial charge in [-0.2, -0.15) is 0 Å². The van der Waals surface area contributed by atoms with E-state index in [9.17, 15) is 9.59 Å². The Bertz CT molecular complexity index is 1020. The van der Waals surface area contributed by atoms with E-state index in [1.807, 2.05) is 64.1 Å². The highest BCUT2D eigenvalue weighted by molar-refractivity contribution is 5.94. The smallest absolute Gasteiger partial charge is 0.262 e. The first kappa shape index (κ1) is 22.9. The average molecular weight is 433 g/mol. The van der Waals surface area contributed by atoms with Crippen molar-refractivity contribution in [1.82, 2.24) is 0 Å². The molecule has 32 heavy (non-hydrogen) atoms. The van der Waals surface area contributed by atoms with Crippen molar-refractivity contribution in [2.75, 3.05) is 23.8 Å². The Morgan fingerprint density at radius 2 is 1.00 bits per heavy atom. The van der Waals surface area contributed by atoms with E-state index < -0.39 is 0 Å². The third kappa shape index (κ3) is 6.60. The molecule has 6 heteroatoms. The molecule has 0 saturated carbocycles. The van der Waals surface area contributed by atoms with Gasteiger partial charge in [-0.1, -0.05) is 35.4 Å². The van der Waals surface area contributed by atoms with Gasteiger partial charge in [-0.3, -0.25) is 9.59 Å². The standard InChI is InChI=1S/C26H28N2O4/c1-17-5-11-23(19(3)13-17)31-15-25(29)27-21-7-9-22(10-8-21)28-26(30)16-32-24-12-6-18(2)14-20(24)4/h5-14H,15-16H2,1-4H3,(H,27,29)(H,28,30). The van der Waals surface area contributed by atoms with Crippen molar-refractivity contribution in [2.24, 2.45) is 0 Å². The van der Waals surface area contributed by atoms with Crippen LogP contribution >= 0.6 is 0 Å². The molecular formula is C26H28N2O4. The average Bonchev–Trinajstić information content (AvgIpc) is 2.74. The van der Waals surface area contributed by atoms with E-state index in [1.165, 1.54) is 0 Å². The summed E-state index contributed by atoms with van der Waals surface area (Å²) in [4.78, 5) is 24.3. The highest BCUT2D eigenvalue weighted by Gasteiger charge is 2.08. The van der Waals surface area contributed by atoms with Crippen LogP contribution in [0.5, 0.6) is 11.5 Å². The number of rotatable bonds is 8. The second-order valence-electron chi connectivity index (χ2n) is 7.79. The SMILES string of the molecule is Cc1ccc(OCC(=O)Nc2ccc(NC(=O)COc3ccc(C)cc3C)cc2)c(C)c1. The fourth-order valence-electron chi connectivity index (χ4n) is 3.24. The van der Waals surface area contributed by atoms with Crippen molar-refractivity contribution in [2.45, 2.75) is 27.7 Å². The van der Waals surface area contributed by atoms with Crippen LogP contribution in [0.25, 0.3) is 0 Å². The first-order chi connectivity index (χ1) is 15.3. The number of benzene rings is 3. The number of carbonyl (C=O) groups excluding carboxylic acids is 2. The summed E-state index contributed by atoms with van der Waals surface area (Å²) in [5, 5.41) is 5.56. The van der Waals surface area contributed by atoms with Crippen molar-refractivity contribution in [3.05, 3.63) is 82.9 Å². The van der Waals surface area contributed by atoms with Crippen LogP contribution in [0, 0.1) is 27.7 Å². The van der Waals surface area contributed by atoms with Crippen molar-refractivity contribution < 1.29 is 19.1 Å². The quantitative estimate of drug-likeness (QED) is 0.528. The van der Waals surface area contributed by atoms with Gasteiger partial charge < -0.3 is 20.1 Å². The third-order valence-corrected chi connectivity index (χ3v) is 4.83. The van der Waals surface area contributed by atoms with Crippen LogP contribution in [0.2, 0.25) is 0 Å². The minimum Gasteiger partial charge on any atom is -0.483 e. The normalized spacial score (nSPS) is 10.4. The summed E-state index contributed by atoms with van der Waals surface area (Å²) < 4.78 is 11.2. The molecule has 0 aliphatic rings. The van der Waals surface area contributed by atoms with Gasteiger partial charge in [0.25, 0.3) is 11.8 Å². The summed E-state index contributed by atoms with van der Waals surface area (Å²) in [5.41, 5.74) is 5.48. The van der Waals surface area contributed by atoms with Crippen LogP contribution in [0.4, 0.5) is 11.4 Å². The third-order valence-electron chi connectivity index (χ3n) is 4.83. The number of hydrogen-bond acceptors (Lipinski definition) is 4. The summed E-state index contributed by atoms with van der Waals surface area (Å²) >= 11 is 0. The van der Waals surface area contributed by atoms with Crippen molar-refractivity contribution in [3.8, 4) is 11.5 Å².